The quantitative estimate of drug-likeness (QED) is 0.746. The van der Waals surface area contributed by atoms with Crippen molar-refractivity contribution in [2.24, 2.45) is 0 Å². The minimum Gasteiger partial charge on any atom is -0.367 e. The first kappa shape index (κ1) is 18.5. The molecule has 144 valence electrons. The number of fused-ring (bicyclic) bond motifs is 1. The molecule has 6 nitrogen and oxygen atoms in total. The van der Waals surface area contributed by atoms with Crippen LogP contribution in [0, 0.1) is 0 Å². The van der Waals surface area contributed by atoms with E-state index in [1.807, 2.05) is 17.9 Å². The van der Waals surface area contributed by atoms with Crippen LogP contribution in [0.3, 0.4) is 0 Å². The van der Waals surface area contributed by atoms with Crippen molar-refractivity contribution >= 4 is 40.7 Å². The first-order valence-electron chi connectivity index (χ1n) is 9.31. The predicted molar refractivity (Wildman–Crippen MR) is 108 cm³/mol. The molecule has 3 amide bonds. The van der Waals surface area contributed by atoms with Crippen LogP contribution in [0.5, 0.6) is 0 Å². The predicted octanol–water partition coefficient (Wildman–Crippen LogP) is 3.20. The molecule has 1 saturated heterocycles. The van der Waals surface area contributed by atoms with Crippen LogP contribution in [0.4, 0.5) is 11.4 Å². The molecule has 7 heteroatoms. The maximum Gasteiger partial charge on any atom is 0.266 e. The fourth-order valence-corrected chi connectivity index (χ4v) is 4.03. The number of hydrogen-bond acceptors (Lipinski definition) is 4. The Morgan fingerprint density at radius 3 is 2.11 bits per heavy atom. The Morgan fingerprint density at radius 2 is 1.57 bits per heavy atom. The number of rotatable bonds is 3. The summed E-state index contributed by atoms with van der Waals surface area (Å²) in [6, 6.07) is 12.0. The summed E-state index contributed by atoms with van der Waals surface area (Å²) in [7, 11) is 0. The van der Waals surface area contributed by atoms with Crippen LogP contribution >= 0.6 is 11.6 Å². The third-order valence-corrected chi connectivity index (χ3v) is 5.56. The molecule has 2 aromatic carbocycles. The topological polar surface area (TPSA) is 60.9 Å². The van der Waals surface area contributed by atoms with Crippen molar-refractivity contribution in [1.29, 1.82) is 0 Å². The number of hydrogen-bond donors (Lipinski definition) is 0. The van der Waals surface area contributed by atoms with E-state index in [1.165, 1.54) is 0 Å². The van der Waals surface area contributed by atoms with Crippen molar-refractivity contribution in [2.75, 3.05) is 36.0 Å². The van der Waals surface area contributed by atoms with Crippen molar-refractivity contribution in [1.82, 2.24) is 4.90 Å². The Labute approximate surface area is 168 Å². The van der Waals surface area contributed by atoms with Gasteiger partial charge in [0.1, 0.15) is 0 Å². The minimum absolute atomic E-state index is 0.159. The zero-order valence-electron chi connectivity index (χ0n) is 15.5. The Kier molecular flexibility index (Phi) is 4.81. The van der Waals surface area contributed by atoms with Gasteiger partial charge >= 0.3 is 0 Å². The highest BCUT2D eigenvalue weighted by molar-refractivity contribution is 6.36. The molecule has 0 radical (unpaired) electrons. The van der Waals surface area contributed by atoms with E-state index >= 15 is 0 Å². The lowest BCUT2D eigenvalue weighted by Gasteiger charge is -2.36. The van der Waals surface area contributed by atoms with Crippen LogP contribution in [-0.4, -0.2) is 48.8 Å². The number of anilines is 2. The number of benzene rings is 2. The van der Waals surface area contributed by atoms with E-state index in [0.29, 0.717) is 54.4 Å². The highest BCUT2D eigenvalue weighted by atomic mass is 35.5. The lowest BCUT2D eigenvalue weighted by molar-refractivity contribution is -0.131. The number of amides is 3. The second kappa shape index (κ2) is 7.28. The molecule has 0 bridgehead atoms. The Hall–Kier alpha value is -2.86. The maximum atomic E-state index is 12.6. The van der Waals surface area contributed by atoms with E-state index in [0.717, 1.165) is 10.6 Å². The number of piperazine rings is 1. The number of imide groups is 1. The first-order valence-corrected chi connectivity index (χ1v) is 9.69. The fourth-order valence-electron chi connectivity index (χ4n) is 3.74. The molecule has 2 aliphatic rings. The SMILES string of the molecule is CCC(=O)N1CCN(c2ccc(N3C(=O)c4ccccc4C3=O)cc2Cl)CC1. The fraction of sp³-hybridized carbons (Fsp3) is 0.286. The minimum atomic E-state index is -0.337. The summed E-state index contributed by atoms with van der Waals surface area (Å²) in [6.07, 6.45) is 0.510. The molecule has 0 N–H and O–H groups in total. The number of halogens is 1. The summed E-state index contributed by atoms with van der Waals surface area (Å²) in [5.74, 6) is -0.515. The Bertz CT molecular complexity index is 932. The highest BCUT2D eigenvalue weighted by Crippen LogP contribution is 2.34. The van der Waals surface area contributed by atoms with Crippen LogP contribution in [0.25, 0.3) is 0 Å². The molecule has 2 heterocycles. The molecular formula is C21H20ClN3O3. The zero-order chi connectivity index (χ0) is 19.8. The van der Waals surface area contributed by atoms with Gasteiger partial charge in [-0.15, -0.1) is 0 Å². The lowest BCUT2D eigenvalue weighted by atomic mass is 10.1. The van der Waals surface area contributed by atoms with Gasteiger partial charge in [0.05, 0.1) is 27.5 Å². The summed E-state index contributed by atoms with van der Waals surface area (Å²) in [5, 5.41) is 0.476. The van der Waals surface area contributed by atoms with Gasteiger partial charge in [0.2, 0.25) is 5.91 Å². The smallest absolute Gasteiger partial charge is 0.266 e. The molecule has 4 rings (SSSR count). The first-order chi connectivity index (χ1) is 13.5. The standard InChI is InChI=1S/C21H20ClN3O3/c1-2-19(26)24-11-9-23(10-12-24)18-8-7-14(13-17(18)22)25-20(27)15-5-3-4-6-16(15)21(25)28/h3-8,13H,2,9-12H2,1H3. The average Bonchev–Trinajstić information content (AvgIpc) is 2.98. The van der Waals surface area contributed by atoms with Gasteiger partial charge in [-0.05, 0) is 30.3 Å². The molecule has 2 aromatic rings. The molecule has 0 unspecified atom stereocenters. The van der Waals surface area contributed by atoms with Gasteiger partial charge in [-0.2, -0.15) is 0 Å². The summed E-state index contributed by atoms with van der Waals surface area (Å²) in [6.45, 7) is 4.56. The number of carbonyl (C=O) groups is 3. The molecule has 28 heavy (non-hydrogen) atoms. The van der Waals surface area contributed by atoms with Crippen LogP contribution in [0.1, 0.15) is 34.1 Å². The molecule has 0 aromatic heterocycles. The van der Waals surface area contributed by atoms with E-state index in [1.54, 1.807) is 36.4 Å². The molecule has 1 fully saturated rings. The number of carbonyl (C=O) groups excluding carboxylic acids is 3. The van der Waals surface area contributed by atoms with E-state index in [9.17, 15) is 14.4 Å². The maximum absolute atomic E-state index is 12.6. The van der Waals surface area contributed by atoms with Crippen molar-refractivity contribution < 1.29 is 14.4 Å². The second-order valence-electron chi connectivity index (χ2n) is 6.85. The third-order valence-electron chi connectivity index (χ3n) is 5.26. The Balaban J connectivity index is 1.54. The monoisotopic (exact) mass is 397 g/mol. The normalized spacial score (nSPS) is 16.6. The van der Waals surface area contributed by atoms with Gasteiger partial charge in [-0.3, -0.25) is 14.4 Å². The van der Waals surface area contributed by atoms with Crippen molar-refractivity contribution in [3.8, 4) is 0 Å². The van der Waals surface area contributed by atoms with Gasteiger partial charge in [0, 0.05) is 32.6 Å². The molecule has 2 aliphatic heterocycles. The zero-order valence-corrected chi connectivity index (χ0v) is 16.3. The number of nitrogens with zero attached hydrogens (tertiary/aromatic N) is 3. The summed E-state index contributed by atoms with van der Waals surface area (Å²) in [5.41, 5.74) is 2.11. The van der Waals surface area contributed by atoms with Gasteiger partial charge in [-0.1, -0.05) is 30.7 Å². The van der Waals surface area contributed by atoms with E-state index < -0.39 is 0 Å². The molecular weight excluding hydrogens is 378 g/mol. The van der Waals surface area contributed by atoms with Crippen molar-refractivity contribution in [2.45, 2.75) is 13.3 Å². The average molecular weight is 398 g/mol. The second-order valence-corrected chi connectivity index (χ2v) is 7.26. The summed E-state index contributed by atoms with van der Waals surface area (Å²) < 4.78 is 0. The van der Waals surface area contributed by atoms with Gasteiger partial charge in [0.15, 0.2) is 0 Å². The highest BCUT2D eigenvalue weighted by Gasteiger charge is 2.36. The van der Waals surface area contributed by atoms with Gasteiger partial charge in [-0.25, -0.2) is 4.90 Å². The molecule has 0 atom stereocenters. The third kappa shape index (κ3) is 3.03. The Morgan fingerprint density at radius 1 is 0.964 bits per heavy atom. The summed E-state index contributed by atoms with van der Waals surface area (Å²) in [4.78, 5) is 42.3. The van der Waals surface area contributed by atoms with Gasteiger partial charge < -0.3 is 9.80 Å². The lowest BCUT2D eigenvalue weighted by Crippen LogP contribution is -2.48. The van der Waals surface area contributed by atoms with Crippen LogP contribution < -0.4 is 9.80 Å². The van der Waals surface area contributed by atoms with Crippen molar-refractivity contribution in [3.05, 3.63) is 58.6 Å². The van der Waals surface area contributed by atoms with Crippen LogP contribution in [0.2, 0.25) is 5.02 Å². The van der Waals surface area contributed by atoms with Crippen LogP contribution in [0.15, 0.2) is 42.5 Å². The van der Waals surface area contributed by atoms with Crippen molar-refractivity contribution in [3.63, 3.8) is 0 Å². The van der Waals surface area contributed by atoms with E-state index in [4.69, 9.17) is 11.6 Å². The summed E-state index contributed by atoms with van der Waals surface area (Å²) >= 11 is 6.50. The van der Waals surface area contributed by atoms with E-state index in [2.05, 4.69) is 4.90 Å². The van der Waals surface area contributed by atoms with Crippen LogP contribution in [-0.2, 0) is 4.79 Å². The largest absolute Gasteiger partial charge is 0.367 e. The van der Waals surface area contributed by atoms with Gasteiger partial charge in [0.25, 0.3) is 11.8 Å². The molecule has 0 spiro atoms. The van der Waals surface area contributed by atoms with E-state index in [-0.39, 0.29) is 17.7 Å². The molecule has 0 saturated carbocycles. The molecule has 0 aliphatic carbocycles.